The number of para-hydroxylation sites is 1. The van der Waals surface area contributed by atoms with E-state index in [0.29, 0.717) is 34.5 Å². The van der Waals surface area contributed by atoms with Crippen LogP contribution in [-0.4, -0.2) is 39.4 Å². The molecule has 0 fully saturated rings. The van der Waals surface area contributed by atoms with Gasteiger partial charge in [-0.25, -0.2) is 4.98 Å². The second-order valence-electron chi connectivity index (χ2n) is 10.8. The van der Waals surface area contributed by atoms with Gasteiger partial charge in [-0.1, -0.05) is 63.4 Å². The van der Waals surface area contributed by atoms with Crippen molar-refractivity contribution in [2.75, 3.05) is 6.54 Å². The van der Waals surface area contributed by atoms with Gasteiger partial charge in [-0.15, -0.1) is 0 Å². The van der Waals surface area contributed by atoms with E-state index < -0.39 is 17.6 Å². The van der Waals surface area contributed by atoms with Gasteiger partial charge < -0.3 is 20.3 Å². The van der Waals surface area contributed by atoms with Crippen molar-refractivity contribution in [1.29, 1.82) is 0 Å². The summed E-state index contributed by atoms with van der Waals surface area (Å²) in [5, 5.41) is 24.9. The van der Waals surface area contributed by atoms with Crippen molar-refractivity contribution in [3.63, 3.8) is 0 Å². The van der Waals surface area contributed by atoms with Crippen LogP contribution in [-0.2, 0) is 0 Å². The molecular weight excluding hydrogens is 627 g/mol. The number of aliphatic hydroxyl groups is 1. The van der Waals surface area contributed by atoms with Gasteiger partial charge in [0.15, 0.2) is 0 Å². The molecule has 0 bridgehead atoms. The zero-order valence-corrected chi connectivity index (χ0v) is 25.6. The number of nitrogens with one attached hydrogen (secondary N) is 1. The molecule has 1 amide bonds. The molecule has 5 rings (SSSR count). The Balaban J connectivity index is 1.50. The number of carbonyl (C=O) groups excluding carboxylic acids is 1. The number of benzene rings is 3. The Hall–Kier alpha value is -3.10. The van der Waals surface area contributed by atoms with E-state index in [2.05, 4.69) is 27.3 Å². The average molecular weight is 656 g/mol. The molecule has 1 aliphatic heterocycles. The number of rotatable bonds is 7. The Kier molecular flexibility index (Phi) is 8.62. The lowest BCUT2D eigenvalue weighted by Gasteiger charge is -2.38. The molecule has 6 nitrogen and oxygen atoms in total. The number of hydrogen-bond acceptors (Lipinski definition) is 5. The number of amides is 1. The number of halogens is 3. The molecule has 0 radical (unpaired) electrons. The van der Waals surface area contributed by atoms with Crippen LogP contribution < -0.4 is 10.1 Å². The fraction of sp³-hybridized carbons (Fsp3) is 0.250. The van der Waals surface area contributed by atoms with E-state index >= 15 is 0 Å². The second-order valence-corrected chi connectivity index (χ2v) is 12.5. The van der Waals surface area contributed by atoms with Crippen LogP contribution in [0.25, 0.3) is 22.4 Å². The van der Waals surface area contributed by atoms with E-state index in [1.54, 1.807) is 12.1 Å². The van der Waals surface area contributed by atoms with Crippen molar-refractivity contribution in [1.82, 2.24) is 10.3 Å². The van der Waals surface area contributed by atoms with E-state index in [9.17, 15) is 15.0 Å². The quantitative estimate of drug-likeness (QED) is 0.188. The van der Waals surface area contributed by atoms with Crippen molar-refractivity contribution in [2.45, 2.75) is 44.3 Å². The summed E-state index contributed by atoms with van der Waals surface area (Å²) in [7, 11) is 0. The van der Waals surface area contributed by atoms with Gasteiger partial charge in [-0.05, 0) is 86.7 Å². The van der Waals surface area contributed by atoms with Gasteiger partial charge in [0, 0.05) is 32.7 Å². The van der Waals surface area contributed by atoms with E-state index in [0.717, 1.165) is 26.7 Å². The van der Waals surface area contributed by atoms with E-state index in [1.165, 1.54) is 12.1 Å². The van der Waals surface area contributed by atoms with Crippen LogP contribution in [0.5, 0.6) is 11.6 Å². The van der Waals surface area contributed by atoms with Crippen LogP contribution in [0.4, 0.5) is 0 Å². The van der Waals surface area contributed by atoms with E-state index in [1.807, 2.05) is 56.3 Å². The SMILES string of the molecule is CC1(C)CC(CC(O)CNC(=O)c2ccccc2O)c2cc(-c3ccc(Cl)cc3)c(-c3cc(Br)ccc3Cl)nc2O1. The number of hydrogen-bond donors (Lipinski definition) is 3. The minimum Gasteiger partial charge on any atom is -0.507 e. The van der Waals surface area contributed by atoms with Gasteiger partial charge in [0.25, 0.3) is 5.91 Å². The maximum absolute atomic E-state index is 12.6. The van der Waals surface area contributed by atoms with Crippen LogP contribution in [0, 0.1) is 0 Å². The summed E-state index contributed by atoms with van der Waals surface area (Å²) in [5.41, 5.74) is 3.69. The third kappa shape index (κ3) is 6.70. The van der Waals surface area contributed by atoms with E-state index in [4.69, 9.17) is 32.9 Å². The number of pyridine rings is 1. The lowest BCUT2D eigenvalue weighted by molar-refractivity contribution is 0.0523. The first-order chi connectivity index (χ1) is 19.5. The Bertz CT molecular complexity index is 1590. The lowest BCUT2D eigenvalue weighted by Crippen LogP contribution is -2.38. The first kappa shape index (κ1) is 29.4. The molecule has 3 aromatic carbocycles. The zero-order chi connectivity index (χ0) is 29.3. The summed E-state index contributed by atoms with van der Waals surface area (Å²) >= 11 is 16.4. The first-order valence-electron chi connectivity index (χ1n) is 13.2. The molecule has 2 unspecified atom stereocenters. The summed E-state index contributed by atoms with van der Waals surface area (Å²) in [5.74, 6) is -0.171. The largest absolute Gasteiger partial charge is 0.507 e. The molecule has 212 valence electrons. The van der Waals surface area contributed by atoms with Gasteiger partial charge in [0.1, 0.15) is 11.4 Å². The molecule has 0 aliphatic carbocycles. The topological polar surface area (TPSA) is 91.7 Å². The first-order valence-corrected chi connectivity index (χ1v) is 14.8. The van der Waals surface area contributed by atoms with Crippen molar-refractivity contribution in [3.8, 4) is 34.0 Å². The van der Waals surface area contributed by atoms with Crippen molar-refractivity contribution in [3.05, 3.63) is 98.4 Å². The highest BCUT2D eigenvalue weighted by atomic mass is 79.9. The Labute approximate surface area is 257 Å². The molecule has 0 saturated carbocycles. The van der Waals surface area contributed by atoms with Crippen molar-refractivity contribution >= 4 is 45.0 Å². The monoisotopic (exact) mass is 654 g/mol. The standard InChI is InChI=1S/C32H29BrCl2N2O4/c1-32(2)16-19(13-22(38)17-36-30(40)23-5-3-4-6-28(23)39)25-15-24(18-7-10-21(34)11-8-18)29(37-31(25)41-32)26-14-20(33)9-12-27(26)35/h3-12,14-15,19,22,38-39H,13,16-17H2,1-2H3,(H,36,40). The molecular formula is C32H29BrCl2N2O4. The van der Waals surface area contributed by atoms with Gasteiger partial charge in [-0.3, -0.25) is 4.79 Å². The fourth-order valence-corrected chi connectivity index (χ4v) is 5.91. The van der Waals surface area contributed by atoms with Crippen molar-refractivity contribution < 1.29 is 19.7 Å². The summed E-state index contributed by atoms with van der Waals surface area (Å²) in [6.07, 6.45) is 0.178. The van der Waals surface area contributed by atoms with Crippen LogP contribution >= 0.6 is 39.1 Å². The molecule has 2 heterocycles. The summed E-state index contributed by atoms with van der Waals surface area (Å²) in [4.78, 5) is 17.6. The minimum absolute atomic E-state index is 0.0312. The van der Waals surface area contributed by atoms with Crippen LogP contribution in [0.3, 0.4) is 0 Å². The lowest BCUT2D eigenvalue weighted by atomic mass is 9.81. The summed E-state index contributed by atoms with van der Waals surface area (Å²) in [6, 6.07) is 21.5. The predicted molar refractivity (Wildman–Crippen MR) is 166 cm³/mol. The Morgan fingerprint density at radius 3 is 2.56 bits per heavy atom. The minimum atomic E-state index is -0.838. The number of phenolic OH excluding ortho intramolecular Hbond substituents is 1. The number of fused-ring (bicyclic) bond motifs is 1. The molecule has 3 N–H and O–H groups in total. The molecule has 0 saturated heterocycles. The third-order valence-electron chi connectivity index (χ3n) is 7.11. The maximum Gasteiger partial charge on any atom is 0.255 e. The maximum atomic E-state index is 12.6. The van der Waals surface area contributed by atoms with Gasteiger partial charge in [0.05, 0.1) is 22.4 Å². The Morgan fingerprint density at radius 2 is 1.83 bits per heavy atom. The molecule has 1 aliphatic rings. The average Bonchev–Trinajstić information content (AvgIpc) is 2.92. The molecule has 4 aromatic rings. The fourth-order valence-electron chi connectivity index (χ4n) is 5.22. The van der Waals surface area contributed by atoms with Gasteiger partial charge in [-0.2, -0.15) is 0 Å². The number of nitrogens with zero attached hydrogens (tertiary/aromatic N) is 1. The van der Waals surface area contributed by atoms with Gasteiger partial charge >= 0.3 is 0 Å². The van der Waals surface area contributed by atoms with Crippen LogP contribution in [0.1, 0.15) is 48.5 Å². The van der Waals surface area contributed by atoms with Crippen molar-refractivity contribution in [2.24, 2.45) is 0 Å². The molecule has 0 spiro atoms. The number of aromatic hydroxyl groups is 1. The highest BCUT2D eigenvalue weighted by Gasteiger charge is 2.37. The summed E-state index contributed by atoms with van der Waals surface area (Å²) in [6.45, 7) is 4.02. The highest BCUT2D eigenvalue weighted by Crippen LogP contribution is 2.47. The molecule has 9 heteroatoms. The third-order valence-corrected chi connectivity index (χ3v) is 8.18. The van der Waals surface area contributed by atoms with E-state index in [-0.39, 0.29) is 23.8 Å². The van der Waals surface area contributed by atoms with Crippen LogP contribution in [0.2, 0.25) is 10.0 Å². The van der Waals surface area contributed by atoms with Gasteiger partial charge in [0.2, 0.25) is 5.88 Å². The number of aromatic nitrogens is 1. The summed E-state index contributed by atoms with van der Waals surface area (Å²) < 4.78 is 7.24. The Morgan fingerprint density at radius 1 is 1.10 bits per heavy atom. The molecule has 41 heavy (non-hydrogen) atoms. The highest BCUT2D eigenvalue weighted by molar-refractivity contribution is 9.10. The zero-order valence-electron chi connectivity index (χ0n) is 22.5. The smallest absolute Gasteiger partial charge is 0.255 e. The predicted octanol–water partition coefficient (Wildman–Crippen LogP) is 8.02. The number of ether oxygens (including phenoxy) is 1. The number of aliphatic hydroxyl groups excluding tert-OH is 1. The molecule has 2 atom stereocenters. The number of carbonyl (C=O) groups is 1. The number of phenols is 1. The molecule has 1 aromatic heterocycles. The normalized spacial score (nSPS) is 16.4. The van der Waals surface area contributed by atoms with Crippen LogP contribution in [0.15, 0.2) is 77.3 Å². The second kappa shape index (κ2) is 12.0.